The van der Waals surface area contributed by atoms with Gasteiger partial charge >= 0.3 is 5.63 Å². The summed E-state index contributed by atoms with van der Waals surface area (Å²) in [5.74, 6) is -0.109. The number of fused-ring (bicyclic) bond motifs is 1. The molecule has 1 heterocycles. The molecule has 0 saturated heterocycles. The molecule has 0 atom stereocenters. The van der Waals surface area contributed by atoms with Crippen LogP contribution in [0, 0.1) is 0 Å². The van der Waals surface area contributed by atoms with Crippen LogP contribution in [0.2, 0.25) is 0 Å². The molecule has 3 aromatic rings. The van der Waals surface area contributed by atoms with Gasteiger partial charge in [-0.1, -0.05) is 43.7 Å². The van der Waals surface area contributed by atoms with Gasteiger partial charge in [0.2, 0.25) is 0 Å². The fourth-order valence-corrected chi connectivity index (χ4v) is 2.80. The second-order valence-corrected chi connectivity index (χ2v) is 5.39. The Bertz CT molecular complexity index is 923. The zero-order valence-corrected chi connectivity index (χ0v) is 12.7. The number of aryl methyl sites for hydroxylation is 1. The largest absolute Gasteiger partial charge is 0.507 e. The standard InChI is InChI=1S/C19H16O4/c1-2-6-13-9-15-14(12-7-4-3-5-8-12)10-17(21)23-19(15)16(11-20)18(13)22/h3-5,7-11,22H,2,6H2,1H3. The van der Waals surface area contributed by atoms with Crippen LogP contribution in [0.1, 0.15) is 29.3 Å². The molecule has 1 N–H and O–H groups in total. The maximum absolute atomic E-state index is 11.9. The van der Waals surface area contributed by atoms with Crippen molar-refractivity contribution in [2.75, 3.05) is 0 Å². The summed E-state index contributed by atoms with van der Waals surface area (Å²) in [6.07, 6.45) is 2.00. The van der Waals surface area contributed by atoms with Crippen molar-refractivity contribution in [1.82, 2.24) is 0 Å². The number of carbonyl (C=O) groups excluding carboxylic acids is 1. The van der Waals surface area contributed by atoms with Crippen LogP contribution in [0.15, 0.2) is 51.7 Å². The van der Waals surface area contributed by atoms with Gasteiger partial charge in [-0.05, 0) is 29.2 Å². The fraction of sp³-hybridized carbons (Fsp3) is 0.158. The first-order valence-electron chi connectivity index (χ1n) is 7.49. The third-order valence-corrected chi connectivity index (χ3v) is 3.84. The minimum absolute atomic E-state index is 0.0285. The lowest BCUT2D eigenvalue weighted by atomic mass is 9.96. The summed E-state index contributed by atoms with van der Waals surface area (Å²) in [5.41, 5.74) is 1.83. The van der Waals surface area contributed by atoms with Crippen molar-refractivity contribution in [2.45, 2.75) is 19.8 Å². The molecule has 0 unspecified atom stereocenters. The van der Waals surface area contributed by atoms with Crippen molar-refractivity contribution in [1.29, 1.82) is 0 Å². The van der Waals surface area contributed by atoms with Crippen molar-refractivity contribution in [3.8, 4) is 16.9 Å². The molecule has 116 valence electrons. The monoisotopic (exact) mass is 308 g/mol. The van der Waals surface area contributed by atoms with Gasteiger partial charge in [-0.2, -0.15) is 0 Å². The predicted molar refractivity (Wildman–Crippen MR) is 89.0 cm³/mol. The molecule has 0 aliphatic heterocycles. The van der Waals surface area contributed by atoms with Gasteiger partial charge < -0.3 is 9.52 Å². The molecule has 3 rings (SSSR count). The lowest BCUT2D eigenvalue weighted by Gasteiger charge is -2.12. The number of hydrogen-bond acceptors (Lipinski definition) is 4. The third kappa shape index (κ3) is 2.63. The van der Waals surface area contributed by atoms with Crippen molar-refractivity contribution in [3.63, 3.8) is 0 Å². The Balaban J connectivity index is 2.44. The zero-order chi connectivity index (χ0) is 16.4. The van der Waals surface area contributed by atoms with E-state index in [1.54, 1.807) is 6.07 Å². The number of hydrogen-bond donors (Lipinski definition) is 1. The summed E-state index contributed by atoms with van der Waals surface area (Å²) in [6, 6.07) is 12.6. The van der Waals surface area contributed by atoms with E-state index in [1.807, 2.05) is 37.3 Å². The maximum atomic E-state index is 11.9. The lowest BCUT2D eigenvalue weighted by Crippen LogP contribution is -2.02. The Morgan fingerprint density at radius 3 is 2.57 bits per heavy atom. The first kappa shape index (κ1) is 15.0. The van der Waals surface area contributed by atoms with Crippen molar-refractivity contribution in [2.24, 2.45) is 0 Å². The number of phenolic OH excluding ortho intramolecular Hbond substituents is 1. The van der Waals surface area contributed by atoms with Crippen molar-refractivity contribution >= 4 is 17.3 Å². The van der Waals surface area contributed by atoms with E-state index in [9.17, 15) is 14.7 Å². The highest BCUT2D eigenvalue weighted by Crippen LogP contribution is 2.35. The van der Waals surface area contributed by atoms with Crippen LogP contribution >= 0.6 is 0 Å². The minimum atomic E-state index is -0.554. The fourth-order valence-electron chi connectivity index (χ4n) is 2.80. The van der Waals surface area contributed by atoms with Crippen LogP contribution < -0.4 is 5.63 Å². The lowest BCUT2D eigenvalue weighted by molar-refractivity contribution is 0.112. The number of phenols is 1. The van der Waals surface area contributed by atoms with E-state index in [2.05, 4.69) is 0 Å². The average molecular weight is 308 g/mol. The molecule has 0 radical (unpaired) electrons. The zero-order valence-electron chi connectivity index (χ0n) is 12.7. The molecule has 4 heteroatoms. The molecule has 0 spiro atoms. The van der Waals surface area contributed by atoms with Crippen molar-refractivity contribution < 1.29 is 14.3 Å². The molecule has 0 saturated carbocycles. The second-order valence-electron chi connectivity index (χ2n) is 5.39. The number of carbonyl (C=O) groups is 1. The van der Waals surface area contributed by atoms with E-state index >= 15 is 0 Å². The number of benzene rings is 2. The highest BCUT2D eigenvalue weighted by Gasteiger charge is 2.17. The highest BCUT2D eigenvalue weighted by atomic mass is 16.4. The van der Waals surface area contributed by atoms with E-state index in [0.717, 1.165) is 12.0 Å². The smallest absolute Gasteiger partial charge is 0.336 e. The first-order chi connectivity index (χ1) is 11.2. The maximum Gasteiger partial charge on any atom is 0.336 e. The van der Waals surface area contributed by atoms with E-state index < -0.39 is 5.63 Å². The average Bonchev–Trinajstić information content (AvgIpc) is 2.56. The normalized spacial score (nSPS) is 10.8. The topological polar surface area (TPSA) is 67.5 Å². The van der Waals surface area contributed by atoms with Crippen molar-refractivity contribution in [3.05, 3.63) is 64.0 Å². The third-order valence-electron chi connectivity index (χ3n) is 3.84. The molecule has 23 heavy (non-hydrogen) atoms. The molecule has 0 amide bonds. The van der Waals surface area contributed by atoms with Gasteiger partial charge in [0.05, 0.1) is 5.56 Å². The van der Waals surface area contributed by atoms with Crippen LogP contribution in [0.5, 0.6) is 5.75 Å². The summed E-state index contributed by atoms with van der Waals surface area (Å²) < 4.78 is 5.21. The van der Waals surface area contributed by atoms with Gasteiger partial charge in [-0.15, -0.1) is 0 Å². The summed E-state index contributed by atoms with van der Waals surface area (Å²) >= 11 is 0. The second kappa shape index (κ2) is 6.08. The van der Waals surface area contributed by atoms with Crippen LogP contribution in [-0.4, -0.2) is 11.4 Å². The minimum Gasteiger partial charge on any atom is -0.507 e. The van der Waals surface area contributed by atoms with Gasteiger partial charge in [-0.25, -0.2) is 4.79 Å². The predicted octanol–water partition coefficient (Wildman–Crippen LogP) is 3.93. The Hall–Kier alpha value is -2.88. The Morgan fingerprint density at radius 1 is 1.17 bits per heavy atom. The number of aromatic hydroxyl groups is 1. The quantitative estimate of drug-likeness (QED) is 0.585. The molecular weight excluding hydrogens is 292 g/mol. The summed E-state index contributed by atoms with van der Waals surface area (Å²) in [6.45, 7) is 1.99. The van der Waals surface area contributed by atoms with Gasteiger partial charge in [0.25, 0.3) is 0 Å². The first-order valence-corrected chi connectivity index (χ1v) is 7.49. The van der Waals surface area contributed by atoms with Gasteiger partial charge in [0.15, 0.2) is 11.9 Å². The molecule has 0 aliphatic carbocycles. The molecular formula is C19H16O4. The number of aldehydes is 1. The molecule has 1 aromatic heterocycles. The van der Waals surface area contributed by atoms with E-state index in [-0.39, 0.29) is 16.9 Å². The Kier molecular flexibility index (Phi) is 3.98. The van der Waals surface area contributed by atoms with E-state index in [4.69, 9.17) is 4.42 Å². The molecule has 0 fully saturated rings. The SMILES string of the molecule is CCCc1cc2c(-c3ccccc3)cc(=O)oc2c(C=O)c1O. The molecule has 4 nitrogen and oxygen atoms in total. The summed E-state index contributed by atoms with van der Waals surface area (Å²) in [5, 5.41) is 10.9. The van der Waals surface area contributed by atoms with Gasteiger partial charge in [0.1, 0.15) is 5.75 Å². The van der Waals surface area contributed by atoms with Gasteiger partial charge in [-0.3, -0.25) is 4.79 Å². The summed E-state index contributed by atoms with van der Waals surface area (Å²) in [7, 11) is 0. The Labute approximate surface area is 133 Å². The molecule has 0 aliphatic rings. The molecule has 0 bridgehead atoms. The van der Waals surface area contributed by atoms with Crippen LogP contribution in [0.25, 0.3) is 22.1 Å². The van der Waals surface area contributed by atoms with E-state index in [1.165, 1.54) is 6.07 Å². The van der Waals surface area contributed by atoms with Gasteiger partial charge in [0, 0.05) is 11.5 Å². The molecule has 2 aromatic carbocycles. The van der Waals surface area contributed by atoms with E-state index in [0.29, 0.717) is 29.2 Å². The summed E-state index contributed by atoms with van der Waals surface area (Å²) in [4.78, 5) is 23.3. The van der Waals surface area contributed by atoms with Crippen LogP contribution in [0.4, 0.5) is 0 Å². The highest BCUT2D eigenvalue weighted by molar-refractivity contribution is 6.03. The van der Waals surface area contributed by atoms with Crippen LogP contribution in [0.3, 0.4) is 0 Å². The number of rotatable bonds is 4. The van der Waals surface area contributed by atoms with Crippen LogP contribution in [-0.2, 0) is 6.42 Å². The Morgan fingerprint density at radius 2 is 1.91 bits per heavy atom.